The van der Waals surface area contributed by atoms with Crippen LogP contribution in [-0.2, 0) is 25.6 Å². The molecule has 0 unspecified atom stereocenters. The number of ether oxygens (including phenoxy) is 1. The zero-order valence-electron chi connectivity index (χ0n) is 28.3. The highest BCUT2D eigenvalue weighted by Crippen LogP contribution is 2.40. The van der Waals surface area contributed by atoms with E-state index in [9.17, 15) is 49.5 Å². The average molecular weight is 728 g/mol. The summed E-state index contributed by atoms with van der Waals surface area (Å²) in [5.74, 6) is -3.06. The lowest BCUT2D eigenvalue weighted by Gasteiger charge is -2.28. The van der Waals surface area contributed by atoms with Crippen LogP contribution in [0, 0.1) is 16.7 Å². The lowest BCUT2D eigenvalue weighted by Crippen LogP contribution is -2.46. The van der Waals surface area contributed by atoms with E-state index in [1.807, 2.05) is 0 Å². The molecule has 0 aromatic heterocycles. The van der Waals surface area contributed by atoms with Gasteiger partial charge < -0.3 is 14.7 Å². The van der Waals surface area contributed by atoms with Crippen molar-refractivity contribution < 1.29 is 54.2 Å². The van der Waals surface area contributed by atoms with Crippen LogP contribution in [-0.4, -0.2) is 73.0 Å². The van der Waals surface area contributed by atoms with E-state index in [2.05, 4.69) is 23.0 Å². The molecule has 1 saturated heterocycles. The van der Waals surface area contributed by atoms with Crippen LogP contribution >= 0.6 is 0 Å². The molecule has 0 radical (unpaired) electrons. The summed E-state index contributed by atoms with van der Waals surface area (Å²) in [6.45, 7) is 5.16. The zero-order valence-corrected chi connectivity index (χ0v) is 29.2. The van der Waals surface area contributed by atoms with E-state index in [0.717, 1.165) is 24.3 Å². The number of carboxylic acid groups (broad SMARTS) is 1. The van der Waals surface area contributed by atoms with Crippen LogP contribution in [0.4, 0.5) is 26.3 Å². The van der Waals surface area contributed by atoms with E-state index in [1.165, 1.54) is 72.1 Å². The van der Waals surface area contributed by atoms with E-state index in [0.29, 0.717) is 12.1 Å². The predicted molar refractivity (Wildman–Crippen MR) is 169 cm³/mol. The number of nitriles is 1. The molecule has 1 heterocycles. The maximum absolute atomic E-state index is 13.6. The van der Waals surface area contributed by atoms with Crippen molar-refractivity contribution in [1.29, 1.82) is 5.26 Å². The van der Waals surface area contributed by atoms with Gasteiger partial charge in [-0.1, -0.05) is 72.6 Å². The molecule has 2 atom stereocenters. The standard InChI is InChI=1S/C19H21F6NO6S.C14H26N2/c1-17(2,3)16(29)26-8-11(7-13(26)15(27)28)33(30,31)14-5-4-10(32-9-18(20,21)22)6-12(14)19(23,24)25;1-2-3-4-5-6-7-8-9-12-16-14(13-15)10-11-14/h4-6,11,13H,7-9H2,1-3H3,(H,27,28);16H,2-12H2,1H3/t11-,13+;/m1./s1. The number of sulfone groups is 1. The Balaban J connectivity index is 0.000000435. The number of halogens is 6. The van der Waals surface area contributed by atoms with E-state index in [-0.39, 0.29) is 11.6 Å². The summed E-state index contributed by atoms with van der Waals surface area (Å²) in [5, 5.41) is 20.0. The van der Waals surface area contributed by atoms with Gasteiger partial charge in [-0.2, -0.15) is 31.6 Å². The highest BCUT2D eigenvalue weighted by Gasteiger charge is 2.49. The summed E-state index contributed by atoms with van der Waals surface area (Å²) in [7, 11) is -4.85. The summed E-state index contributed by atoms with van der Waals surface area (Å²) in [5.41, 5.74) is -2.95. The van der Waals surface area contributed by atoms with Gasteiger partial charge in [-0.05, 0) is 50.4 Å². The first-order valence-electron chi connectivity index (χ1n) is 16.4. The normalized spacial score (nSPS) is 19.1. The second kappa shape index (κ2) is 17.2. The van der Waals surface area contributed by atoms with Gasteiger partial charge in [0.05, 0.1) is 21.8 Å². The fourth-order valence-corrected chi connectivity index (χ4v) is 7.26. The first kappa shape index (κ1) is 42.1. The highest BCUT2D eigenvalue weighted by atomic mass is 32.2. The second-order valence-corrected chi connectivity index (χ2v) is 15.8. The molecule has 49 heavy (non-hydrogen) atoms. The Hall–Kier alpha value is -3.06. The summed E-state index contributed by atoms with van der Waals surface area (Å²) in [4.78, 5) is 23.8. The highest BCUT2D eigenvalue weighted by molar-refractivity contribution is 7.92. The van der Waals surface area contributed by atoms with Gasteiger partial charge in [0.2, 0.25) is 5.91 Å². The molecule has 1 aliphatic carbocycles. The number of hydrogen-bond donors (Lipinski definition) is 2. The molecule has 2 fully saturated rings. The molecule has 1 aromatic carbocycles. The van der Waals surface area contributed by atoms with Crippen LogP contribution in [0.2, 0.25) is 0 Å². The third-order valence-corrected chi connectivity index (χ3v) is 10.5. The summed E-state index contributed by atoms with van der Waals surface area (Å²) in [6.07, 6.45) is 2.21. The van der Waals surface area contributed by atoms with Crippen LogP contribution in [0.3, 0.4) is 0 Å². The van der Waals surface area contributed by atoms with Gasteiger partial charge in [0, 0.05) is 12.0 Å². The monoisotopic (exact) mass is 727 g/mol. The average Bonchev–Trinajstić information content (AvgIpc) is 3.63. The number of carbonyl (C=O) groups excluding carboxylic acids is 1. The maximum Gasteiger partial charge on any atom is 0.422 e. The first-order chi connectivity index (χ1) is 22.6. The Morgan fingerprint density at radius 3 is 2.06 bits per heavy atom. The number of benzene rings is 1. The predicted octanol–water partition coefficient (Wildman–Crippen LogP) is 7.29. The number of unbranched alkanes of at least 4 members (excludes halogenated alkanes) is 7. The zero-order chi connectivity index (χ0) is 37.3. The maximum atomic E-state index is 13.6. The van der Waals surface area contributed by atoms with Crippen LogP contribution in [0.1, 0.15) is 104 Å². The van der Waals surface area contributed by atoms with Crippen LogP contribution in [0.5, 0.6) is 5.75 Å². The van der Waals surface area contributed by atoms with E-state index < -0.39 is 86.6 Å². The number of nitrogens with zero attached hydrogens (tertiary/aromatic N) is 2. The van der Waals surface area contributed by atoms with Crippen molar-refractivity contribution in [2.45, 2.75) is 132 Å². The number of hydrogen-bond acceptors (Lipinski definition) is 7. The van der Waals surface area contributed by atoms with Crippen LogP contribution in [0.15, 0.2) is 23.1 Å². The lowest BCUT2D eigenvalue weighted by molar-refractivity contribution is -0.153. The van der Waals surface area contributed by atoms with Crippen molar-refractivity contribution in [3.63, 3.8) is 0 Å². The van der Waals surface area contributed by atoms with Crippen molar-refractivity contribution in [3.8, 4) is 11.8 Å². The molecule has 278 valence electrons. The number of aliphatic carboxylic acids is 1. The molecule has 1 amide bonds. The van der Waals surface area contributed by atoms with Crippen molar-refractivity contribution in [1.82, 2.24) is 10.2 Å². The van der Waals surface area contributed by atoms with Gasteiger partial charge in [-0.25, -0.2) is 13.2 Å². The smallest absolute Gasteiger partial charge is 0.422 e. The Kier molecular flexibility index (Phi) is 14.8. The van der Waals surface area contributed by atoms with Crippen molar-refractivity contribution >= 4 is 21.7 Å². The van der Waals surface area contributed by atoms with Gasteiger partial charge in [0.15, 0.2) is 16.4 Å². The Bertz CT molecular complexity index is 1420. The molecule has 3 rings (SSSR count). The van der Waals surface area contributed by atoms with Crippen molar-refractivity contribution in [2.75, 3.05) is 19.7 Å². The minimum atomic E-state index is -5.27. The molecule has 0 spiro atoms. The van der Waals surface area contributed by atoms with E-state index >= 15 is 0 Å². The Labute approximate surface area is 284 Å². The topological polar surface area (TPSA) is 137 Å². The van der Waals surface area contributed by atoms with E-state index in [4.69, 9.17) is 5.26 Å². The molecular formula is C33H47F6N3O6S. The first-order valence-corrected chi connectivity index (χ1v) is 18.0. The van der Waals surface area contributed by atoms with Gasteiger partial charge in [0.25, 0.3) is 0 Å². The molecule has 1 aliphatic heterocycles. The van der Waals surface area contributed by atoms with Gasteiger partial charge in [-0.15, -0.1) is 0 Å². The molecule has 16 heteroatoms. The molecule has 1 aromatic rings. The number of amides is 1. The number of alkyl halides is 6. The van der Waals surface area contributed by atoms with Crippen LogP contribution < -0.4 is 10.1 Å². The third kappa shape index (κ3) is 13.0. The fraction of sp³-hybridized carbons (Fsp3) is 0.727. The minimum Gasteiger partial charge on any atom is -0.484 e. The SMILES string of the molecule is CC(C)(C)C(=O)N1C[C@H](S(=O)(=O)c2ccc(OCC(F)(F)F)cc2C(F)(F)F)C[C@H]1C(=O)O.CCCCCCCCCCNC1(C#N)CC1. The number of nitrogens with one attached hydrogen (secondary N) is 1. The largest absolute Gasteiger partial charge is 0.484 e. The van der Waals surface area contributed by atoms with Gasteiger partial charge >= 0.3 is 18.3 Å². The van der Waals surface area contributed by atoms with Crippen molar-refractivity contribution in [3.05, 3.63) is 23.8 Å². The second-order valence-electron chi connectivity index (χ2n) is 13.6. The molecule has 0 bridgehead atoms. The minimum absolute atomic E-state index is 0.110. The Morgan fingerprint density at radius 2 is 1.59 bits per heavy atom. The quantitative estimate of drug-likeness (QED) is 0.142. The number of carbonyl (C=O) groups is 2. The molecule has 2 aliphatic rings. The van der Waals surface area contributed by atoms with Crippen molar-refractivity contribution in [2.24, 2.45) is 5.41 Å². The molecular weight excluding hydrogens is 680 g/mol. The number of carboxylic acids is 1. The lowest BCUT2D eigenvalue weighted by atomic mass is 9.94. The molecule has 2 N–H and O–H groups in total. The van der Waals surface area contributed by atoms with Gasteiger partial charge in [-0.3, -0.25) is 10.1 Å². The number of rotatable bonds is 15. The van der Waals surface area contributed by atoms with Gasteiger partial charge in [0.1, 0.15) is 17.3 Å². The third-order valence-electron chi connectivity index (χ3n) is 8.31. The van der Waals surface area contributed by atoms with E-state index in [1.54, 1.807) is 0 Å². The van der Waals surface area contributed by atoms with Crippen LogP contribution in [0.25, 0.3) is 0 Å². The molecule has 9 nitrogen and oxygen atoms in total. The Morgan fingerprint density at radius 1 is 1.02 bits per heavy atom. The number of likely N-dealkylation sites (tertiary alicyclic amines) is 1. The summed E-state index contributed by atoms with van der Waals surface area (Å²) in [6, 6.07) is 2.05. The fourth-order valence-electron chi connectivity index (χ4n) is 5.36. The molecule has 1 saturated carbocycles. The summed E-state index contributed by atoms with van der Waals surface area (Å²) < 4.78 is 108. The summed E-state index contributed by atoms with van der Waals surface area (Å²) >= 11 is 0.